The topological polar surface area (TPSA) is 79.6 Å². The minimum absolute atomic E-state index is 0.0835. The molecule has 1 aromatic heterocycles. The zero-order chi connectivity index (χ0) is 24.1. The fourth-order valence-electron chi connectivity index (χ4n) is 3.68. The van der Waals surface area contributed by atoms with Crippen LogP contribution in [0.1, 0.15) is 38.8 Å². The number of pyridine rings is 1. The molecule has 6 nitrogen and oxygen atoms in total. The number of carboxylic acid groups (broad SMARTS) is 1. The molecule has 3 rings (SSSR count). The molecular weight excluding hydrogens is 470 g/mol. The molecule has 0 spiro atoms. The Morgan fingerprint density at radius 2 is 1.70 bits per heavy atom. The molecule has 0 radical (unpaired) electrons. The van der Waals surface area contributed by atoms with E-state index in [1.54, 1.807) is 31.2 Å². The van der Waals surface area contributed by atoms with Gasteiger partial charge in [-0.15, -0.1) is 23.2 Å². The minimum Gasteiger partial charge on any atom is -0.477 e. The molecule has 174 valence electrons. The van der Waals surface area contributed by atoms with E-state index in [1.165, 1.54) is 16.8 Å². The normalized spacial score (nSPS) is 11.3. The van der Waals surface area contributed by atoms with Gasteiger partial charge in [0.25, 0.3) is 0 Å². The number of hydrogen-bond acceptors (Lipinski definition) is 4. The van der Waals surface area contributed by atoms with Crippen LogP contribution in [0.4, 0.5) is 4.39 Å². The summed E-state index contributed by atoms with van der Waals surface area (Å²) in [7, 11) is 0. The molecule has 0 fully saturated rings. The van der Waals surface area contributed by atoms with Crippen LogP contribution < -0.4 is 5.43 Å². The predicted octanol–water partition coefficient (Wildman–Crippen LogP) is 4.37. The van der Waals surface area contributed by atoms with Crippen molar-refractivity contribution >= 4 is 45.9 Å². The van der Waals surface area contributed by atoms with Gasteiger partial charge >= 0.3 is 5.97 Å². The van der Waals surface area contributed by atoms with Crippen molar-refractivity contribution in [3.8, 4) is 0 Å². The number of carbonyl (C=O) groups is 2. The smallest absolute Gasteiger partial charge is 0.341 e. The number of fused-ring (bicyclic) bond motifs is 1. The Bertz CT molecular complexity index is 1240. The highest BCUT2D eigenvalue weighted by molar-refractivity contribution is 6.18. The van der Waals surface area contributed by atoms with E-state index in [2.05, 4.69) is 4.90 Å². The molecule has 0 aliphatic heterocycles. The highest BCUT2D eigenvalue weighted by atomic mass is 35.5. The van der Waals surface area contributed by atoms with Crippen molar-refractivity contribution in [3.63, 3.8) is 0 Å². The highest BCUT2D eigenvalue weighted by Gasteiger charge is 2.20. The number of halogens is 3. The van der Waals surface area contributed by atoms with E-state index in [9.17, 15) is 23.9 Å². The second-order valence-electron chi connectivity index (χ2n) is 7.49. The number of ketones is 1. The molecule has 0 amide bonds. The van der Waals surface area contributed by atoms with E-state index in [4.69, 9.17) is 23.2 Å². The average molecular weight is 493 g/mol. The largest absolute Gasteiger partial charge is 0.477 e. The van der Waals surface area contributed by atoms with Gasteiger partial charge in [0.15, 0.2) is 5.78 Å². The summed E-state index contributed by atoms with van der Waals surface area (Å²) in [5.74, 6) is -1.84. The fourth-order valence-corrected chi connectivity index (χ4v) is 4.16. The summed E-state index contributed by atoms with van der Waals surface area (Å²) in [6.45, 7) is 4.08. The van der Waals surface area contributed by atoms with Crippen molar-refractivity contribution in [1.82, 2.24) is 9.47 Å². The van der Waals surface area contributed by atoms with Crippen LogP contribution >= 0.6 is 23.2 Å². The van der Waals surface area contributed by atoms with Crippen molar-refractivity contribution in [3.05, 3.63) is 80.9 Å². The Morgan fingerprint density at radius 1 is 1.06 bits per heavy atom. The van der Waals surface area contributed by atoms with Gasteiger partial charge in [-0.3, -0.25) is 14.5 Å². The summed E-state index contributed by atoms with van der Waals surface area (Å²) in [5, 5.41) is 9.18. The molecular formula is C24H23Cl2FN2O4. The van der Waals surface area contributed by atoms with Crippen molar-refractivity contribution in [2.75, 3.05) is 24.8 Å². The summed E-state index contributed by atoms with van der Waals surface area (Å²) in [6, 6.07) is 9.09. The first-order valence-corrected chi connectivity index (χ1v) is 11.5. The van der Waals surface area contributed by atoms with Gasteiger partial charge in [0.1, 0.15) is 11.4 Å². The minimum atomic E-state index is -1.39. The van der Waals surface area contributed by atoms with Gasteiger partial charge in [-0.25, -0.2) is 9.18 Å². The first kappa shape index (κ1) is 24.9. The van der Waals surface area contributed by atoms with Crippen molar-refractivity contribution in [1.29, 1.82) is 0 Å². The quantitative estimate of drug-likeness (QED) is 0.335. The Kier molecular flexibility index (Phi) is 8.24. The summed E-state index contributed by atoms with van der Waals surface area (Å²) in [4.78, 5) is 39.0. The van der Waals surface area contributed by atoms with Crippen LogP contribution in [0.2, 0.25) is 0 Å². The Morgan fingerprint density at radius 3 is 2.24 bits per heavy atom. The number of aromatic nitrogens is 1. The van der Waals surface area contributed by atoms with Gasteiger partial charge in [0, 0.05) is 55.1 Å². The third-order valence-electron chi connectivity index (χ3n) is 5.41. The monoisotopic (exact) mass is 492 g/mol. The molecule has 9 heteroatoms. The maximum absolute atomic E-state index is 14.9. The van der Waals surface area contributed by atoms with Gasteiger partial charge < -0.3 is 9.67 Å². The van der Waals surface area contributed by atoms with Gasteiger partial charge in [-0.1, -0.05) is 24.3 Å². The number of benzene rings is 2. The molecule has 3 aromatic rings. The summed E-state index contributed by atoms with van der Waals surface area (Å²) in [5.41, 5.74) is 0.128. The van der Waals surface area contributed by atoms with Crippen LogP contribution in [0.25, 0.3) is 10.9 Å². The van der Waals surface area contributed by atoms with Crippen LogP contribution in [0.15, 0.2) is 47.4 Å². The fraction of sp³-hybridized carbons (Fsp3) is 0.292. The SMILES string of the molecule is CCn1cc(C(=O)O)c(=O)c2cc(F)c(C(=O)c3ccc(CN(CCCl)CCCl)cc3)cc21. The summed E-state index contributed by atoms with van der Waals surface area (Å²) >= 11 is 11.7. The molecule has 0 aliphatic rings. The molecule has 0 bridgehead atoms. The van der Waals surface area contributed by atoms with E-state index in [-0.39, 0.29) is 10.9 Å². The van der Waals surface area contributed by atoms with E-state index in [0.29, 0.717) is 49.0 Å². The molecule has 33 heavy (non-hydrogen) atoms. The number of aromatic carboxylic acids is 1. The average Bonchev–Trinajstić information content (AvgIpc) is 2.79. The van der Waals surface area contributed by atoms with Crippen LogP contribution in [0, 0.1) is 5.82 Å². The van der Waals surface area contributed by atoms with Gasteiger partial charge in [-0.05, 0) is 24.6 Å². The van der Waals surface area contributed by atoms with Crippen molar-refractivity contribution in [2.24, 2.45) is 0 Å². The molecule has 1 N–H and O–H groups in total. The van der Waals surface area contributed by atoms with E-state index >= 15 is 0 Å². The number of aryl methyl sites for hydroxylation is 1. The van der Waals surface area contributed by atoms with Crippen molar-refractivity contribution < 1.29 is 19.1 Å². The lowest BCUT2D eigenvalue weighted by molar-refractivity contribution is 0.0694. The Labute approximate surface area is 200 Å². The zero-order valence-electron chi connectivity index (χ0n) is 18.0. The zero-order valence-corrected chi connectivity index (χ0v) is 19.5. The van der Waals surface area contributed by atoms with E-state index in [0.717, 1.165) is 11.6 Å². The molecule has 0 aliphatic carbocycles. The lowest BCUT2D eigenvalue weighted by Crippen LogP contribution is -2.27. The first-order chi connectivity index (χ1) is 15.8. The van der Waals surface area contributed by atoms with Gasteiger partial charge in [-0.2, -0.15) is 0 Å². The summed E-state index contributed by atoms with van der Waals surface area (Å²) in [6.07, 6.45) is 1.21. The Balaban J connectivity index is 1.97. The lowest BCUT2D eigenvalue weighted by Gasteiger charge is -2.20. The third-order valence-corrected chi connectivity index (χ3v) is 5.75. The lowest BCUT2D eigenvalue weighted by atomic mass is 9.99. The first-order valence-electron chi connectivity index (χ1n) is 10.4. The number of carboxylic acids is 1. The Hall–Kier alpha value is -2.74. The second-order valence-corrected chi connectivity index (χ2v) is 8.25. The third kappa shape index (κ3) is 5.43. The number of hydrogen-bond donors (Lipinski definition) is 1. The van der Waals surface area contributed by atoms with Crippen LogP contribution in [-0.2, 0) is 13.1 Å². The molecule has 0 saturated carbocycles. The summed E-state index contributed by atoms with van der Waals surface area (Å²) < 4.78 is 16.4. The number of nitrogens with zero attached hydrogens (tertiary/aromatic N) is 2. The van der Waals surface area contributed by atoms with Crippen molar-refractivity contribution in [2.45, 2.75) is 20.0 Å². The molecule has 0 atom stereocenters. The van der Waals surface area contributed by atoms with Crippen LogP contribution in [0.5, 0.6) is 0 Å². The maximum atomic E-state index is 14.9. The van der Waals surface area contributed by atoms with E-state index in [1.807, 2.05) is 0 Å². The molecule has 2 aromatic carbocycles. The van der Waals surface area contributed by atoms with Gasteiger partial charge in [0.2, 0.25) is 5.43 Å². The number of alkyl halides is 2. The van der Waals surface area contributed by atoms with Gasteiger partial charge in [0.05, 0.1) is 11.1 Å². The second kappa shape index (κ2) is 10.9. The molecule has 0 saturated heterocycles. The number of rotatable bonds is 10. The van der Waals surface area contributed by atoms with E-state index < -0.39 is 28.6 Å². The highest BCUT2D eigenvalue weighted by Crippen LogP contribution is 2.21. The standard InChI is InChI=1S/C24H23Cl2FN2O4/c1-2-29-14-19(24(32)33)23(31)18-11-20(27)17(12-21(18)29)22(30)16-5-3-15(4-6-16)13-28(9-7-25)10-8-26/h3-6,11-12,14H,2,7-10,13H2,1H3,(H,32,33). The predicted molar refractivity (Wildman–Crippen MR) is 127 cm³/mol. The van der Waals surface area contributed by atoms with Crippen LogP contribution in [-0.4, -0.2) is 51.2 Å². The number of carbonyl (C=O) groups excluding carboxylic acids is 1. The van der Waals surface area contributed by atoms with Crippen LogP contribution in [0.3, 0.4) is 0 Å². The molecule has 0 unspecified atom stereocenters. The maximum Gasteiger partial charge on any atom is 0.341 e. The molecule has 1 heterocycles.